The van der Waals surface area contributed by atoms with Crippen molar-refractivity contribution in [3.8, 4) is 0 Å². The molecule has 1 radical (unpaired) electrons. The van der Waals surface area contributed by atoms with Crippen molar-refractivity contribution in [1.29, 1.82) is 0 Å². The first-order valence-corrected chi connectivity index (χ1v) is 5.20. The zero-order valence-electron chi connectivity index (χ0n) is 8.44. The lowest BCUT2D eigenvalue weighted by molar-refractivity contribution is 0.401. The fourth-order valence-electron chi connectivity index (χ4n) is 1.71. The van der Waals surface area contributed by atoms with Crippen molar-refractivity contribution in [2.24, 2.45) is 5.92 Å². The second-order valence-corrected chi connectivity index (χ2v) is 3.48. The molecule has 12 heavy (non-hydrogen) atoms. The number of unbranched alkanes of at least 4 members (excludes halogenated alkanes) is 1. The van der Waals surface area contributed by atoms with Crippen LogP contribution in [-0.4, -0.2) is 6.29 Å². The van der Waals surface area contributed by atoms with Crippen molar-refractivity contribution in [3.05, 3.63) is 0 Å². The van der Waals surface area contributed by atoms with Gasteiger partial charge in [0.05, 0.1) is 0 Å². The van der Waals surface area contributed by atoms with Crippen LogP contribution in [0.2, 0.25) is 0 Å². The minimum Gasteiger partial charge on any atom is -0.291 e. The summed E-state index contributed by atoms with van der Waals surface area (Å²) >= 11 is 0. The summed E-state index contributed by atoms with van der Waals surface area (Å²) in [6.45, 7) is 4.46. The molecule has 0 amide bonds. The summed E-state index contributed by atoms with van der Waals surface area (Å²) in [5.41, 5.74) is 0. The summed E-state index contributed by atoms with van der Waals surface area (Å²) in [6, 6.07) is 0. The van der Waals surface area contributed by atoms with E-state index in [9.17, 15) is 4.79 Å². The van der Waals surface area contributed by atoms with Crippen molar-refractivity contribution in [2.45, 2.75) is 58.8 Å². The molecule has 0 aromatic rings. The van der Waals surface area contributed by atoms with Gasteiger partial charge in [-0.25, -0.2) is 0 Å². The molecule has 0 aromatic heterocycles. The van der Waals surface area contributed by atoms with Gasteiger partial charge in [0, 0.05) is 6.42 Å². The van der Waals surface area contributed by atoms with E-state index < -0.39 is 0 Å². The van der Waals surface area contributed by atoms with Crippen LogP contribution in [0.15, 0.2) is 0 Å². The smallest absolute Gasteiger partial charge is 0.198 e. The van der Waals surface area contributed by atoms with Crippen LogP contribution in [0.4, 0.5) is 0 Å². The topological polar surface area (TPSA) is 17.1 Å². The second-order valence-electron chi connectivity index (χ2n) is 3.48. The van der Waals surface area contributed by atoms with Gasteiger partial charge in [0.25, 0.3) is 0 Å². The van der Waals surface area contributed by atoms with Crippen LogP contribution in [0.1, 0.15) is 58.8 Å². The molecule has 0 aliphatic carbocycles. The number of carbonyl (C=O) groups excluding carboxylic acids is 1. The van der Waals surface area contributed by atoms with E-state index in [1.54, 1.807) is 0 Å². The summed E-state index contributed by atoms with van der Waals surface area (Å²) < 4.78 is 0. The molecule has 0 saturated carbocycles. The number of rotatable bonds is 8. The maximum absolute atomic E-state index is 9.98. The summed E-state index contributed by atoms with van der Waals surface area (Å²) in [5.74, 6) is 0.855. The average molecular weight is 169 g/mol. The Bertz CT molecular complexity index is 93.2. The van der Waals surface area contributed by atoms with E-state index in [-0.39, 0.29) is 0 Å². The molecule has 0 aliphatic rings. The van der Waals surface area contributed by atoms with E-state index in [0.29, 0.717) is 6.42 Å². The second kappa shape index (κ2) is 8.76. The van der Waals surface area contributed by atoms with Crippen LogP contribution in [0.5, 0.6) is 0 Å². The molecule has 1 heteroatoms. The SMILES string of the molecule is CCCC(CCC)CCC[C]=O. The van der Waals surface area contributed by atoms with Gasteiger partial charge < -0.3 is 0 Å². The molecule has 0 saturated heterocycles. The maximum atomic E-state index is 9.98. The molecule has 0 rings (SSSR count). The molecule has 0 N–H and O–H groups in total. The highest BCUT2D eigenvalue weighted by Crippen LogP contribution is 2.19. The highest BCUT2D eigenvalue weighted by atomic mass is 16.1. The van der Waals surface area contributed by atoms with E-state index in [1.165, 1.54) is 32.1 Å². The quantitative estimate of drug-likeness (QED) is 0.508. The average Bonchev–Trinajstić information content (AvgIpc) is 2.06. The lowest BCUT2D eigenvalue weighted by Crippen LogP contribution is -1.99. The third-order valence-electron chi connectivity index (χ3n) is 2.29. The highest BCUT2D eigenvalue weighted by molar-refractivity contribution is 5.50. The van der Waals surface area contributed by atoms with E-state index in [4.69, 9.17) is 0 Å². The van der Waals surface area contributed by atoms with Crippen LogP contribution in [0, 0.1) is 5.92 Å². The Morgan fingerprint density at radius 1 is 1.08 bits per heavy atom. The van der Waals surface area contributed by atoms with Gasteiger partial charge in [0.2, 0.25) is 0 Å². The zero-order valence-corrected chi connectivity index (χ0v) is 8.44. The third-order valence-corrected chi connectivity index (χ3v) is 2.29. The number of hydrogen-bond acceptors (Lipinski definition) is 1. The van der Waals surface area contributed by atoms with E-state index in [0.717, 1.165) is 12.3 Å². The van der Waals surface area contributed by atoms with Gasteiger partial charge in [0.1, 0.15) is 0 Å². The lowest BCUT2D eigenvalue weighted by Gasteiger charge is -2.13. The minimum atomic E-state index is 0.629. The van der Waals surface area contributed by atoms with Crippen molar-refractivity contribution >= 4 is 6.29 Å². The molecule has 71 valence electrons. The van der Waals surface area contributed by atoms with Gasteiger partial charge in [-0.1, -0.05) is 46.0 Å². The monoisotopic (exact) mass is 169 g/mol. The third kappa shape index (κ3) is 6.38. The molecule has 0 bridgehead atoms. The van der Waals surface area contributed by atoms with Gasteiger partial charge in [-0.3, -0.25) is 4.79 Å². The Morgan fingerprint density at radius 3 is 2.08 bits per heavy atom. The summed E-state index contributed by atoms with van der Waals surface area (Å²) in [7, 11) is 0. The lowest BCUT2D eigenvalue weighted by atomic mass is 9.93. The van der Waals surface area contributed by atoms with Crippen LogP contribution in [-0.2, 0) is 4.79 Å². The Balaban J connectivity index is 3.40. The molecule has 1 nitrogen and oxygen atoms in total. The summed E-state index contributed by atoms with van der Waals surface area (Å²) in [6.07, 6.45) is 10.0. The van der Waals surface area contributed by atoms with Crippen LogP contribution in [0.3, 0.4) is 0 Å². The van der Waals surface area contributed by atoms with Crippen molar-refractivity contribution in [3.63, 3.8) is 0 Å². The van der Waals surface area contributed by atoms with E-state index in [2.05, 4.69) is 13.8 Å². The predicted octanol–water partition coefficient (Wildman–Crippen LogP) is 3.48. The Morgan fingerprint density at radius 2 is 1.67 bits per heavy atom. The van der Waals surface area contributed by atoms with Gasteiger partial charge in [-0.15, -0.1) is 0 Å². The highest BCUT2D eigenvalue weighted by Gasteiger charge is 2.05. The fourth-order valence-corrected chi connectivity index (χ4v) is 1.71. The van der Waals surface area contributed by atoms with Gasteiger partial charge >= 0.3 is 0 Å². The van der Waals surface area contributed by atoms with Gasteiger partial charge in [0.15, 0.2) is 6.29 Å². The number of hydrogen-bond donors (Lipinski definition) is 0. The predicted molar refractivity (Wildman–Crippen MR) is 52.9 cm³/mol. The molecule has 0 spiro atoms. The standard InChI is InChI=1S/C11H21O/c1-3-7-11(8-4-2)9-5-6-10-12/h11H,3-9H2,1-2H3. The van der Waals surface area contributed by atoms with E-state index >= 15 is 0 Å². The Kier molecular flexibility index (Phi) is 8.52. The molecule has 0 fully saturated rings. The van der Waals surface area contributed by atoms with Crippen LogP contribution in [0.25, 0.3) is 0 Å². The Labute approximate surface area is 76.6 Å². The first-order chi connectivity index (χ1) is 5.85. The molecule has 0 aromatic carbocycles. The Hall–Kier alpha value is -0.330. The molecular formula is C11H21O. The van der Waals surface area contributed by atoms with Crippen molar-refractivity contribution < 1.29 is 4.79 Å². The summed E-state index contributed by atoms with van der Waals surface area (Å²) in [4.78, 5) is 9.98. The van der Waals surface area contributed by atoms with Crippen LogP contribution >= 0.6 is 0 Å². The van der Waals surface area contributed by atoms with Crippen molar-refractivity contribution in [1.82, 2.24) is 0 Å². The van der Waals surface area contributed by atoms with Crippen LogP contribution < -0.4 is 0 Å². The maximum Gasteiger partial charge on any atom is 0.198 e. The largest absolute Gasteiger partial charge is 0.291 e. The normalized spacial score (nSPS) is 10.6. The summed E-state index contributed by atoms with van der Waals surface area (Å²) in [5, 5.41) is 0. The molecular weight excluding hydrogens is 148 g/mol. The molecule has 0 heterocycles. The molecule has 0 unspecified atom stereocenters. The first kappa shape index (κ1) is 11.7. The fraction of sp³-hybridized carbons (Fsp3) is 0.909. The van der Waals surface area contributed by atoms with Gasteiger partial charge in [-0.2, -0.15) is 0 Å². The zero-order chi connectivity index (χ0) is 9.23. The molecule has 0 atom stereocenters. The first-order valence-electron chi connectivity index (χ1n) is 5.20. The molecule has 0 aliphatic heterocycles. The van der Waals surface area contributed by atoms with Crippen molar-refractivity contribution in [2.75, 3.05) is 0 Å². The minimum absolute atomic E-state index is 0.629. The van der Waals surface area contributed by atoms with Gasteiger partial charge in [-0.05, 0) is 12.3 Å². The van der Waals surface area contributed by atoms with E-state index in [1.807, 2.05) is 6.29 Å².